The predicted octanol–water partition coefficient (Wildman–Crippen LogP) is 3.22. The molecule has 1 amide bonds. The summed E-state index contributed by atoms with van der Waals surface area (Å²) in [4.78, 5) is 23.8. The van der Waals surface area contributed by atoms with Gasteiger partial charge in [-0.15, -0.1) is 0 Å². The Morgan fingerprint density at radius 3 is 2.64 bits per heavy atom. The highest BCUT2D eigenvalue weighted by atomic mass is 35.5. The number of halogens is 1. The van der Waals surface area contributed by atoms with Crippen molar-refractivity contribution in [1.29, 1.82) is 0 Å². The van der Waals surface area contributed by atoms with Crippen molar-refractivity contribution < 1.29 is 14.7 Å². The summed E-state index contributed by atoms with van der Waals surface area (Å²) in [6, 6.07) is 7.89. The fourth-order valence-electron chi connectivity index (χ4n) is 2.64. The topological polar surface area (TPSA) is 84.2 Å². The fourth-order valence-corrected chi connectivity index (χ4v) is 2.84. The van der Waals surface area contributed by atoms with E-state index in [1.165, 1.54) is 4.68 Å². The molecular weight excluding hydrogens is 342 g/mol. The predicted molar refractivity (Wildman–Crippen MR) is 95.7 cm³/mol. The number of aliphatic carboxylic acids is 1. The van der Waals surface area contributed by atoms with E-state index in [2.05, 4.69) is 24.3 Å². The number of amides is 1. The van der Waals surface area contributed by atoms with Crippen molar-refractivity contribution in [3.8, 4) is 0 Å². The number of aromatic nitrogens is 2. The van der Waals surface area contributed by atoms with Gasteiger partial charge in [0.15, 0.2) is 0 Å². The first-order valence-corrected chi connectivity index (χ1v) is 8.45. The first kappa shape index (κ1) is 19.0. The molecule has 0 fully saturated rings. The van der Waals surface area contributed by atoms with Crippen molar-refractivity contribution in [3.05, 3.63) is 52.3 Å². The molecule has 0 aliphatic carbocycles. The van der Waals surface area contributed by atoms with Gasteiger partial charge in [0.05, 0.1) is 18.2 Å². The molecule has 0 aliphatic rings. The highest BCUT2D eigenvalue weighted by Crippen LogP contribution is 2.21. The first-order chi connectivity index (χ1) is 11.8. The number of aryl methyl sites for hydroxylation is 1. The van der Waals surface area contributed by atoms with Crippen LogP contribution in [0.1, 0.15) is 48.1 Å². The molecule has 6 nitrogen and oxygen atoms in total. The minimum absolute atomic E-state index is 0.233. The summed E-state index contributed by atoms with van der Waals surface area (Å²) in [5.41, 5.74) is 1.88. The molecule has 2 rings (SSSR count). The van der Waals surface area contributed by atoms with E-state index in [-0.39, 0.29) is 12.3 Å². The SMILES string of the molecule is CC(C)Cc1cc(C(=O)N[C@@H](CC(=O)O)c2cccc(Cl)c2)n(C)n1. The number of rotatable bonds is 7. The number of carbonyl (C=O) groups excluding carboxylic acids is 1. The van der Waals surface area contributed by atoms with E-state index < -0.39 is 12.0 Å². The van der Waals surface area contributed by atoms with Gasteiger partial charge >= 0.3 is 5.97 Å². The van der Waals surface area contributed by atoms with Crippen LogP contribution in [0.15, 0.2) is 30.3 Å². The number of hydrogen-bond donors (Lipinski definition) is 2. The summed E-state index contributed by atoms with van der Waals surface area (Å²) >= 11 is 5.98. The molecule has 1 aromatic carbocycles. The van der Waals surface area contributed by atoms with Crippen LogP contribution in [0, 0.1) is 5.92 Å². The van der Waals surface area contributed by atoms with Crippen molar-refractivity contribution in [2.75, 3.05) is 0 Å². The summed E-state index contributed by atoms with van der Waals surface area (Å²) < 4.78 is 1.52. The van der Waals surface area contributed by atoms with Gasteiger partial charge in [0.1, 0.15) is 5.69 Å². The van der Waals surface area contributed by atoms with Crippen LogP contribution in [0.2, 0.25) is 5.02 Å². The quantitative estimate of drug-likeness (QED) is 0.791. The molecule has 25 heavy (non-hydrogen) atoms. The summed E-state index contributed by atoms with van der Waals surface area (Å²) in [7, 11) is 1.70. The number of carboxylic acid groups (broad SMARTS) is 1. The van der Waals surface area contributed by atoms with Gasteiger partial charge < -0.3 is 10.4 Å². The van der Waals surface area contributed by atoms with Crippen molar-refractivity contribution in [2.45, 2.75) is 32.7 Å². The maximum absolute atomic E-state index is 12.6. The van der Waals surface area contributed by atoms with Crippen molar-refractivity contribution >= 4 is 23.5 Å². The molecule has 0 saturated heterocycles. The lowest BCUT2D eigenvalue weighted by Gasteiger charge is -2.17. The van der Waals surface area contributed by atoms with Gasteiger partial charge in [-0.25, -0.2) is 0 Å². The van der Waals surface area contributed by atoms with Gasteiger partial charge in [0.2, 0.25) is 0 Å². The molecule has 2 N–H and O–H groups in total. The van der Waals surface area contributed by atoms with E-state index in [9.17, 15) is 9.59 Å². The van der Waals surface area contributed by atoms with Gasteiger partial charge in [0.25, 0.3) is 5.91 Å². The zero-order valence-electron chi connectivity index (χ0n) is 14.5. The summed E-state index contributed by atoms with van der Waals surface area (Å²) in [6.07, 6.45) is 0.538. The Morgan fingerprint density at radius 2 is 2.04 bits per heavy atom. The van der Waals surface area contributed by atoms with Crippen LogP contribution < -0.4 is 5.32 Å². The Bertz CT molecular complexity index is 771. The monoisotopic (exact) mass is 363 g/mol. The van der Waals surface area contributed by atoms with Gasteiger partial charge in [-0.1, -0.05) is 37.6 Å². The maximum atomic E-state index is 12.6. The second-order valence-corrected chi connectivity index (χ2v) is 6.86. The minimum atomic E-state index is -1.00. The molecule has 1 atom stereocenters. The van der Waals surface area contributed by atoms with Crippen LogP contribution >= 0.6 is 11.6 Å². The van der Waals surface area contributed by atoms with E-state index in [0.29, 0.717) is 22.2 Å². The second-order valence-electron chi connectivity index (χ2n) is 6.42. The van der Waals surface area contributed by atoms with E-state index in [1.54, 1.807) is 37.4 Å². The minimum Gasteiger partial charge on any atom is -0.481 e. The normalized spacial score (nSPS) is 12.2. The van der Waals surface area contributed by atoms with Crippen molar-refractivity contribution in [2.24, 2.45) is 13.0 Å². The van der Waals surface area contributed by atoms with Crippen LogP contribution in [0.3, 0.4) is 0 Å². The highest BCUT2D eigenvalue weighted by Gasteiger charge is 2.21. The number of carboxylic acids is 1. The summed E-state index contributed by atoms with van der Waals surface area (Å²) in [6.45, 7) is 4.16. The van der Waals surface area contributed by atoms with E-state index in [4.69, 9.17) is 16.7 Å². The van der Waals surface area contributed by atoms with Crippen LogP contribution in [0.4, 0.5) is 0 Å². The van der Waals surface area contributed by atoms with E-state index in [0.717, 1.165) is 12.1 Å². The molecule has 0 aliphatic heterocycles. The maximum Gasteiger partial charge on any atom is 0.305 e. The number of hydrogen-bond acceptors (Lipinski definition) is 3. The first-order valence-electron chi connectivity index (χ1n) is 8.07. The Labute approximate surface area is 151 Å². The molecule has 1 aromatic heterocycles. The molecule has 0 unspecified atom stereocenters. The largest absolute Gasteiger partial charge is 0.481 e. The average Bonchev–Trinajstić information content (AvgIpc) is 2.85. The Hall–Kier alpha value is -2.34. The molecule has 0 radical (unpaired) electrons. The standard InChI is InChI=1S/C18H22ClN3O3/c1-11(2)7-14-9-16(22(3)21-14)18(25)20-15(10-17(23)24)12-5-4-6-13(19)8-12/h4-6,8-9,11,15H,7,10H2,1-3H3,(H,20,25)(H,23,24)/t15-/m0/s1. The van der Waals surface area contributed by atoms with Crippen LogP contribution in [0.5, 0.6) is 0 Å². The Balaban J connectivity index is 2.22. The third-order valence-electron chi connectivity index (χ3n) is 3.72. The number of nitrogens with zero attached hydrogens (tertiary/aromatic N) is 2. The fraction of sp³-hybridized carbons (Fsp3) is 0.389. The average molecular weight is 364 g/mol. The summed E-state index contributed by atoms with van der Waals surface area (Å²) in [5, 5.41) is 16.8. The van der Waals surface area contributed by atoms with Gasteiger partial charge in [-0.3, -0.25) is 14.3 Å². The number of nitrogens with one attached hydrogen (secondary N) is 1. The molecule has 0 saturated carbocycles. The zero-order valence-corrected chi connectivity index (χ0v) is 15.2. The van der Waals surface area contributed by atoms with Crippen molar-refractivity contribution in [1.82, 2.24) is 15.1 Å². The Morgan fingerprint density at radius 1 is 1.32 bits per heavy atom. The van der Waals surface area contributed by atoms with Gasteiger partial charge in [-0.2, -0.15) is 5.10 Å². The molecule has 134 valence electrons. The Kier molecular flexibility index (Phi) is 6.20. The lowest BCUT2D eigenvalue weighted by molar-refractivity contribution is -0.137. The van der Waals surface area contributed by atoms with Crippen molar-refractivity contribution in [3.63, 3.8) is 0 Å². The van der Waals surface area contributed by atoms with E-state index >= 15 is 0 Å². The summed E-state index contributed by atoms with van der Waals surface area (Å²) in [5.74, 6) is -0.941. The molecule has 0 bridgehead atoms. The molecule has 0 spiro atoms. The number of benzene rings is 1. The smallest absolute Gasteiger partial charge is 0.305 e. The van der Waals surface area contributed by atoms with E-state index in [1.807, 2.05) is 0 Å². The van der Waals surface area contributed by atoms with Crippen LogP contribution in [0.25, 0.3) is 0 Å². The second kappa shape index (κ2) is 8.16. The lowest BCUT2D eigenvalue weighted by Crippen LogP contribution is -2.31. The molecular formula is C18H22ClN3O3. The zero-order chi connectivity index (χ0) is 18.6. The number of carbonyl (C=O) groups is 2. The van der Waals surface area contributed by atoms with Crippen LogP contribution in [-0.2, 0) is 18.3 Å². The third kappa shape index (κ3) is 5.32. The van der Waals surface area contributed by atoms with Gasteiger partial charge in [-0.05, 0) is 36.1 Å². The van der Waals surface area contributed by atoms with Crippen LogP contribution in [-0.4, -0.2) is 26.8 Å². The lowest BCUT2D eigenvalue weighted by atomic mass is 10.0. The third-order valence-corrected chi connectivity index (χ3v) is 3.95. The molecule has 1 heterocycles. The van der Waals surface area contributed by atoms with Gasteiger partial charge in [0, 0.05) is 12.1 Å². The molecule has 7 heteroatoms. The molecule has 2 aromatic rings. The highest BCUT2D eigenvalue weighted by molar-refractivity contribution is 6.30.